The Balaban J connectivity index is 3.12. The van der Waals surface area contributed by atoms with E-state index in [0.29, 0.717) is 6.61 Å². The van der Waals surface area contributed by atoms with E-state index >= 15 is 0 Å². The van der Waals surface area contributed by atoms with Gasteiger partial charge in [0, 0.05) is 6.61 Å². The molecule has 0 atom stereocenters. The van der Waals surface area contributed by atoms with E-state index in [0.717, 1.165) is 19.3 Å². The first-order chi connectivity index (χ1) is 6.41. The van der Waals surface area contributed by atoms with Crippen LogP contribution in [0.15, 0.2) is 24.3 Å². The molecule has 0 aliphatic heterocycles. The van der Waals surface area contributed by atoms with E-state index in [1.807, 2.05) is 0 Å². The Morgan fingerprint density at radius 2 is 1.62 bits per heavy atom. The average Bonchev–Trinajstić information content (AvgIpc) is 2.16. The predicted molar refractivity (Wildman–Crippen MR) is 58.7 cm³/mol. The molecule has 0 heterocycles. The van der Waals surface area contributed by atoms with Gasteiger partial charge in [0.1, 0.15) is 0 Å². The van der Waals surface area contributed by atoms with Gasteiger partial charge in [-0.2, -0.15) is 0 Å². The monoisotopic (exact) mass is 182 g/mol. The topological polar surface area (TPSA) is 20.2 Å². The minimum atomic E-state index is 0.333. The zero-order chi connectivity index (χ0) is 9.78. The van der Waals surface area contributed by atoms with Gasteiger partial charge >= 0.3 is 0 Å². The highest BCUT2D eigenvalue weighted by Crippen LogP contribution is 2.00. The van der Waals surface area contributed by atoms with Crippen molar-refractivity contribution in [1.82, 2.24) is 0 Å². The number of unbranched alkanes of at least 4 members (excludes halogenated alkanes) is 4. The minimum absolute atomic E-state index is 0.333. The summed E-state index contributed by atoms with van der Waals surface area (Å²) in [7, 11) is 0. The Kier molecular flexibility index (Phi) is 10.9. The van der Waals surface area contributed by atoms with Gasteiger partial charge in [-0.25, -0.2) is 0 Å². The molecule has 13 heavy (non-hydrogen) atoms. The molecule has 0 saturated carbocycles. The molecule has 1 N–H and O–H groups in total. The summed E-state index contributed by atoms with van der Waals surface area (Å²) in [6.45, 7) is 2.52. The lowest BCUT2D eigenvalue weighted by Crippen LogP contribution is -1.81. The first kappa shape index (κ1) is 12.4. The Labute approximate surface area is 82.2 Å². The lowest BCUT2D eigenvalue weighted by Gasteiger charge is -1.92. The second kappa shape index (κ2) is 11.4. The lowest BCUT2D eigenvalue weighted by atomic mass is 10.2. The van der Waals surface area contributed by atoms with Crippen LogP contribution in [0.4, 0.5) is 0 Å². The van der Waals surface area contributed by atoms with Gasteiger partial charge in [-0.15, -0.1) is 0 Å². The lowest BCUT2D eigenvalue weighted by molar-refractivity contribution is 0.283. The molecular formula is C12H22O. The number of hydrogen-bond donors (Lipinski definition) is 1. The molecular weight excluding hydrogens is 160 g/mol. The third-order valence-electron chi connectivity index (χ3n) is 1.87. The van der Waals surface area contributed by atoms with E-state index in [1.54, 1.807) is 0 Å². The van der Waals surface area contributed by atoms with Crippen LogP contribution in [-0.4, -0.2) is 11.7 Å². The van der Waals surface area contributed by atoms with Crippen LogP contribution in [0.3, 0.4) is 0 Å². The molecule has 0 aliphatic carbocycles. The van der Waals surface area contributed by atoms with Gasteiger partial charge in [-0.05, 0) is 25.7 Å². The fourth-order valence-corrected chi connectivity index (χ4v) is 1.07. The Bertz CT molecular complexity index is 136. The molecule has 0 unspecified atom stereocenters. The molecule has 0 amide bonds. The van der Waals surface area contributed by atoms with Crippen LogP contribution in [0.1, 0.15) is 45.4 Å². The number of aliphatic hydroxyl groups excluding tert-OH is 1. The van der Waals surface area contributed by atoms with E-state index in [9.17, 15) is 0 Å². The number of rotatable bonds is 8. The third-order valence-corrected chi connectivity index (χ3v) is 1.87. The zero-order valence-corrected chi connectivity index (χ0v) is 8.71. The maximum absolute atomic E-state index is 8.54. The molecule has 0 fully saturated rings. The summed E-state index contributed by atoms with van der Waals surface area (Å²) in [6.07, 6.45) is 15.4. The quantitative estimate of drug-likeness (QED) is 0.450. The first-order valence-electron chi connectivity index (χ1n) is 5.34. The smallest absolute Gasteiger partial charge is 0.0431 e. The molecule has 76 valence electrons. The molecule has 0 aromatic carbocycles. The Morgan fingerprint density at radius 1 is 0.923 bits per heavy atom. The van der Waals surface area contributed by atoms with Gasteiger partial charge in [0.25, 0.3) is 0 Å². The number of allylic oxidation sites excluding steroid dienone is 4. The van der Waals surface area contributed by atoms with Gasteiger partial charge in [-0.1, -0.05) is 44.1 Å². The van der Waals surface area contributed by atoms with Crippen molar-refractivity contribution in [2.75, 3.05) is 6.61 Å². The molecule has 1 heteroatoms. The summed E-state index contributed by atoms with van der Waals surface area (Å²) >= 11 is 0. The van der Waals surface area contributed by atoms with Crippen molar-refractivity contribution in [3.8, 4) is 0 Å². The average molecular weight is 182 g/mol. The van der Waals surface area contributed by atoms with Gasteiger partial charge in [0.15, 0.2) is 0 Å². The molecule has 0 radical (unpaired) electrons. The van der Waals surface area contributed by atoms with Crippen molar-refractivity contribution in [1.29, 1.82) is 0 Å². The summed E-state index contributed by atoms with van der Waals surface area (Å²) in [4.78, 5) is 0. The van der Waals surface area contributed by atoms with Crippen molar-refractivity contribution in [2.45, 2.75) is 45.4 Å². The molecule has 0 aromatic rings. The van der Waals surface area contributed by atoms with Crippen molar-refractivity contribution < 1.29 is 5.11 Å². The van der Waals surface area contributed by atoms with Crippen LogP contribution in [-0.2, 0) is 0 Å². The van der Waals surface area contributed by atoms with Crippen molar-refractivity contribution in [2.24, 2.45) is 0 Å². The summed E-state index contributed by atoms with van der Waals surface area (Å²) in [5.41, 5.74) is 0. The highest BCUT2D eigenvalue weighted by molar-refractivity contribution is 5.01. The fraction of sp³-hybridized carbons (Fsp3) is 0.667. The predicted octanol–water partition coefficient (Wildman–Crippen LogP) is 3.45. The second-order valence-electron chi connectivity index (χ2n) is 3.22. The number of aliphatic hydroxyl groups is 1. The first-order valence-corrected chi connectivity index (χ1v) is 5.34. The van der Waals surface area contributed by atoms with Crippen LogP contribution >= 0.6 is 0 Å². The van der Waals surface area contributed by atoms with E-state index in [4.69, 9.17) is 5.11 Å². The van der Waals surface area contributed by atoms with Crippen LogP contribution in [0.2, 0.25) is 0 Å². The zero-order valence-electron chi connectivity index (χ0n) is 8.71. The van der Waals surface area contributed by atoms with Crippen molar-refractivity contribution >= 4 is 0 Å². The van der Waals surface area contributed by atoms with Gasteiger partial charge in [-0.3, -0.25) is 0 Å². The SMILES string of the molecule is CCC/C=C\C=C\CCCCCO. The molecule has 0 saturated heterocycles. The molecule has 0 spiro atoms. The van der Waals surface area contributed by atoms with Crippen molar-refractivity contribution in [3.63, 3.8) is 0 Å². The highest BCUT2D eigenvalue weighted by atomic mass is 16.2. The van der Waals surface area contributed by atoms with Gasteiger partial charge < -0.3 is 5.11 Å². The Hall–Kier alpha value is -0.560. The van der Waals surface area contributed by atoms with Gasteiger partial charge in [0.05, 0.1) is 0 Å². The van der Waals surface area contributed by atoms with Crippen LogP contribution in [0.25, 0.3) is 0 Å². The third kappa shape index (κ3) is 11.4. The molecule has 0 rings (SSSR count). The number of hydrogen-bond acceptors (Lipinski definition) is 1. The second-order valence-corrected chi connectivity index (χ2v) is 3.22. The summed E-state index contributed by atoms with van der Waals surface area (Å²) in [6, 6.07) is 0. The van der Waals surface area contributed by atoms with Crippen LogP contribution < -0.4 is 0 Å². The molecule has 0 aliphatic rings. The normalized spacial score (nSPS) is 11.8. The van der Waals surface area contributed by atoms with E-state index in [2.05, 4.69) is 31.2 Å². The Morgan fingerprint density at radius 3 is 2.23 bits per heavy atom. The fourth-order valence-electron chi connectivity index (χ4n) is 1.07. The van der Waals surface area contributed by atoms with Crippen LogP contribution in [0, 0.1) is 0 Å². The largest absolute Gasteiger partial charge is 0.396 e. The standard InChI is InChI=1S/C12H22O/c1-2-3-4-5-6-7-8-9-10-11-12-13/h4-7,13H,2-3,8-12H2,1H3/b5-4-,7-6+. The molecule has 0 bridgehead atoms. The summed E-state index contributed by atoms with van der Waals surface area (Å²) < 4.78 is 0. The minimum Gasteiger partial charge on any atom is -0.396 e. The van der Waals surface area contributed by atoms with Crippen LogP contribution in [0.5, 0.6) is 0 Å². The maximum Gasteiger partial charge on any atom is 0.0431 e. The van der Waals surface area contributed by atoms with E-state index in [-0.39, 0.29) is 0 Å². The molecule has 1 nitrogen and oxygen atoms in total. The maximum atomic E-state index is 8.54. The summed E-state index contributed by atoms with van der Waals surface area (Å²) in [5, 5.41) is 8.54. The highest BCUT2D eigenvalue weighted by Gasteiger charge is 1.83. The van der Waals surface area contributed by atoms with E-state index in [1.165, 1.54) is 19.3 Å². The van der Waals surface area contributed by atoms with Gasteiger partial charge in [0.2, 0.25) is 0 Å². The summed E-state index contributed by atoms with van der Waals surface area (Å²) in [5.74, 6) is 0. The molecule has 0 aromatic heterocycles. The van der Waals surface area contributed by atoms with E-state index < -0.39 is 0 Å². The van der Waals surface area contributed by atoms with Crippen molar-refractivity contribution in [3.05, 3.63) is 24.3 Å².